The van der Waals surface area contributed by atoms with E-state index in [1.165, 1.54) is 13.0 Å². The third-order valence-corrected chi connectivity index (χ3v) is 2.87. The van der Waals surface area contributed by atoms with Gasteiger partial charge in [0.15, 0.2) is 0 Å². The lowest BCUT2D eigenvalue weighted by Gasteiger charge is -2.27. The van der Waals surface area contributed by atoms with Gasteiger partial charge >= 0.3 is 0 Å². The van der Waals surface area contributed by atoms with Crippen LogP contribution in [0.25, 0.3) is 0 Å². The smallest absolute Gasteiger partial charge is 0.0217 e. The molecular weight excluding hydrogens is 184 g/mol. The largest absolute Gasteiger partial charge is 0.313 e. The lowest BCUT2D eigenvalue weighted by Crippen LogP contribution is -2.43. The van der Waals surface area contributed by atoms with Gasteiger partial charge in [-0.1, -0.05) is 34.6 Å². The maximum absolute atomic E-state index is 3.56. The van der Waals surface area contributed by atoms with Crippen LogP contribution in [-0.2, 0) is 0 Å². The highest BCUT2D eigenvalue weighted by Gasteiger charge is 2.14. The zero-order chi connectivity index (χ0) is 11.8. The molecule has 0 fully saturated rings. The second-order valence-electron chi connectivity index (χ2n) is 5.35. The third-order valence-electron chi connectivity index (χ3n) is 2.87. The second kappa shape index (κ2) is 8.12. The number of rotatable bonds is 8. The summed E-state index contributed by atoms with van der Waals surface area (Å²) in [6.45, 7) is 14.8. The summed E-state index contributed by atoms with van der Waals surface area (Å²) in [4.78, 5) is 2.45. The van der Waals surface area contributed by atoms with Crippen molar-refractivity contribution >= 4 is 0 Å². The van der Waals surface area contributed by atoms with E-state index in [0.29, 0.717) is 12.0 Å². The molecule has 0 heterocycles. The van der Waals surface area contributed by atoms with E-state index in [1.54, 1.807) is 0 Å². The van der Waals surface area contributed by atoms with Crippen molar-refractivity contribution in [3.63, 3.8) is 0 Å². The molecule has 0 bridgehead atoms. The predicted molar refractivity (Wildman–Crippen MR) is 69.3 cm³/mol. The van der Waals surface area contributed by atoms with Crippen LogP contribution in [0, 0.1) is 11.8 Å². The van der Waals surface area contributed by atoms with Crippen molar-refractivity contribution in [3.8, 4) is 0 Å². The summed E-state index contributed by atoms with van der Waals surface area (Å²) in [5.74, 6) is 1.52. The Morgan fingerprint density at radius 3 is 2.13 bits per heavy atom. The van der Waals surface area contributed by atoms with E-state index in [0.717, 1.165) is 19.0 Å². The van der Waals surface area contributed by atoms with E-state index in [1.807, 2.05) is 0 Å². The van der Waals surface area contributed by atoms with Gasteiger partial charge in [-0.15, -0.1) is 0 Å². The topological polar surface area (TPSA) is 15.3 Å². The lowest BCUT2D eigenvalue weighted by atomic mass is 10.0. The molecule has 0 aromatic rings. The van der Waals surface area contributed by atoms with Crippen LogP contribution in [0.5, 0.6) is 0 Å². The van der Waals surface area contributed by atoms with Crippen molar-refractivity contribution in [2.24, 2.45) is 11.8 Å². The Labute approximate surface area is 96.4 Å². The molecule has 0 aliphatic heterocycles. The van der Waals surface area contributed by atoms with Crippen molar-refractivity contribution in [1.82, 2.24) is 10.2 Å². The Hall–Kier alpha value is -0.0800. The monoisotopic (exact) mass is 214 g/mol. The summed E-state index contributed by atoms with van der Waals surface area (Å²) in [5, 5.41) is 3.56. The number of nitrogens with one attached hydrogen (secondary N) is 1. The molecule has 0 aromatic carbocycles. The molecule has 0 saturated heterocycles. The SMILES string of the molecule is CCNC(CN(C)CCC(C)C)C(C)C. The van der Waals surface area contributed by atoms with E-state index in [4.69, 9.17) is 0 Å². The fourth-order valence-electron chi connectivity index (χ4n) is 1.68. The first-order chi connectivity index (χ1) is 6.97. The minimum absolute atomic E-state index is 0.632. The molecule has 1 N–H and O–H groups in total. The van der Waals surface area contributed by atoms with Gasteiger partial charge in [-0.3, -0.25) is 0 Å². The first-order valence-electron chi connectivity index (χ1n) is 6.39. The molecule has 0 aliphatic rings. The molecule has 0 saturated carbocycles. The Kier molecular flexibility index (Phi) is 8.07. The number of nitrogens with zero attached hydrogens (tertiary/aromatic N) is 1. The minimum atomic E-state index is 0.632. The van der Waals surface area contributed by atoms with E-state index < -0.39 is 0 Å². The van der Waals surface area contributed by atoms with Crippen molar-refractivity contribution < 1.29 is 0 Å². The van der Waals surface area contributed by atoms with Gasteiger partial charge in [0.1, 0.15) is 0 Å². The van der Waals surface area contributed by atoms with E-state index in [9.17, 15) is 0 Å². The predicted octanol–water partition coefficient (Wildman–Crippen LogP) is 2.60. The van der Waals surface area contributed by atoms with Crippen LogP contribution in [-0.4, -0.2) is 37.6 Å². The molecule has 2 nitrogen and oxygen atoms in total. The number of likely N-dealkylation sites (N-methyl/N-ethyl adjacent to an activating group) is 2. The molecule has 0 radical (unpaired) electrons. The molecule has 0 aromatic heterocycles. The summed E-state index contributed by atoms with van der Waals surface area (Å²) >= 11 is 0. The molecule has 0 amide bonds. The summed E-state index contributed by atoms with van der Waals surface area (Å²) < 4.78 is 0. The highest BCUT2D eigenvalue weighted by atomic mass is 15.1. The molecule has 1 atom stereocenters. The Balaban J connectivity index is 3.83. The molecule has 0 rings (SSSR count). The first-order valence-corrected chi connectivity index (χ1v) is 6.39. The first kappa shape index (κ1) is 14.9. The zero-order valence-corrected chi connectivity index (χ0v) is 11.5. The molecule has 92 valence electrons. The van der Waals surface area contributed by atoms with Gasteiger partial charge in [0, 0.05) is 12.6 Å². The molecule has 0 aliphatic carbocycles. The summed E-state index contributed by atoms with van der Waals surface area (Å²) in [5.41, 5.74) is 0. The van der Waals surface area contributed by atoms with Gasteiger partial charge in [0.05, 0.1) is 0 Å². The van der Waals surface area contributed by atoms with Crippen molar-refractivity contribution in [3.05, 3.63) is 0 Å². The van der Waals surface area contributed by atoms with Crippen LogP contribution < -0.4 is 5.32 Å². The van der Waals surface area contributed by atoms with Gasteiger partial charge in [0.25, 0.3) is 0 Å². The summed E-state index contributed by atoms with van der Waals surface area (Å²) in [6, 6.07) is 0.632. The fraction of sp³-hybridized carbons (Fsp3) is 1.00. The average Bonchev–Trinajstić information content (AvgIpc) is 2.14. The van der Waals surface area contributed by atoms with Crippen LogP contribution in [0.2, 0.25) is 0 Å². The molecule has 15 heavy (non-hydrogen) atoms. The maximum atomic E-state index is 3.56. The van der Waals surface area contributed by atoms with Gasteiger partial charge in [-0.05, 0) is 38.4 Å². The van der Waals surface area contributed by atoms with Crippen molar-refractivity contribution in [2.75, 3.05) is 26.7 Å². The summed E-state index contributed by atoms with van der Waals surface area (Å²) in [6.07, 6.45) is 1.30. The quantitative estimate of drug-likeness (QED) is 0.668. The van der Waals surface area contributed by atoms with Gasteiger partial charge < -0.3 is 10.2 Å². The van der Waals surface area contributed by atoms with Gasteiger partial charge in [-0.25, -0.2) is 0 Å². The Morgan fingerprint density at radius 2 is 1.73 bits per heavy atom. The highest BCUT2D eigenvalue weighted by Crippen LogP contribution is 2.05. The number of hydrogen-bond acceptors (Lipinski definition) is 2. The normalized spacial score (nSPS) is 14.2. The molecule has 0 spiro atoms. The highest BCUT2D eigenvalue weighted by molar-refractivity contribution is 4.73. The molecular formula is C13H30N2. The second-order valence-corrected chi connectivity index (χ2v) is 5.35. The fourth-order valence-corrected chi connectivity index (χ4v) is 1.68. The summed E-state index contributed by atoms with van der Waals surface area (Å²) in [7, 11) is 2.23. The molecule has 1 unspecified atom stereocenters. The maximum Gasteiger partial charge on any atom is 0.0217 e. The van der Waals surface area contributed by atoms with E-state index in [-0.39, 0.29) is 0 Å². The standard InChI is InChI=1S/C13H30N2/c1-7-14-13(12(4)5)10-15(6)9-8-11(2)3/h11-14H,7-10H2,1-6H3. The lowest BCUT2D eigenvalue weighted by molar-refractivity contribution is 0.246. The molecule has 2 heteroatoms. The zero-order valence-electron chi connectivity index (χ0n) is 11.5. The van der Waals surface area contributed by atoms with Crippen LogP contribution >= 0.6 is 0 Å². The average molecular weight is 214 g/mol. The van der Waals surface area contributed by atoms with Crippen LogP contribution in [0.1, 0.15) is 41.0 Å². The minimum Gasteiger partial charge on any atom is -0.313 e. The third kappa shape index (κ3) is 7.80. The van der Waals surface area contributed by atoms with Crippen molar-refractivity contribution in [1.29, 1.82) is 0 Å². The Morgan fingerprint density at radius 1 is 1.13 bits per heavy atom. The van der Waals surface area contributed by atoms with E-state index >= 15 is 0 Å². The van der Waals surface area contributed by atoms with Gasteiger partial charge in [0.2, 0.25) is 0 Å². The van der Waals surface area contributed by atoms with Crippen LogP contribution in [0.4, 0.5) is 0 Å². The number of hydrogen-bond donors (Lipinski definition) is 1. The Bertz CT molecular complexity index is 143. The van der Waals surface area contributed by atoms with Gasteiger partial charge in [-0.2, -0.15) is 0 Å². The van der Waals surface area contributed by atoms with E-state index in [2.05, 4.69) is 51.9 Å². The van der Waals surface area contributed by atoms with Crippen LogP contribution in [0.15, 0.2) is 0 Å². The van der Waals surface area contributed by atoms with Crippen molar-refractivity contribution in [2.45, 2.75) is 47.1 Å². The van der Waals surface area contributed by atoms with Crippen LogP contribution in [0.3, 0.4) is 0 Å².